The van der Waals surface area contributed by atoms with Crippen LogP contribution in [0.4, 0.5) is 5.82 Å². The number of ether oxygens (including phenoxy) is 1. The molecule has 0 aliphatic carbocycles. The second-order valence-corrected chi connectivity index (χ2v) is 6.37. The number of hydrogen-bond acceptors (Lipinski definition) is 5. The average Bonchev–Trinajstić information content (AvgIpc) is 2.67. The molecule has 2 aromatic rings. The Morgan fingerprint density at radius 3 is 2.60 bits per heavy atom. The monoisotopic (exact) mass is 340 g/mol. The summed E-state index contributed by atoms with van der Waals surface area (Å²) >= 11 is 0. The van der Waals surface area contributed by atoms with Crippen LogP contribution in [0, 0.1) is 0 Å². The van der Waals surface area contributed by atoms with E-state index in [1.54, 1.807) is 11.0 Å². The van der Waals surface area contributed by atoms with Crippen LogP contribution in [0.5, 0.6) is 0 Å². The van der Waals surface area contributed by atoms with Gasteiger partial charge in [0, 0.05) is 31.7 Å². The summed E-state index contributed by atoms with van der Waals surface area (Å²) in [7, 11) is 0. The predicted molar refractivity (Wildman–Crippen MR) is 96.5 cm³/mol. The predicted octanol–water partition coefficient (Wildman–Crippen LogP) is 2.36. The maximum Gasteiger partial charge on any atom is 0.272 e. The van der Waals surface area contributed by atoms with Crippen LogP contribution >= 0.6 is 0 Å². The third kappa shape index (κ3) is 4.33. The summed E-state index contributed by atoms with van der Waals surface area (Å²) in [6.07, 6.45) is 1.48. The van der Waals surface area contributed by atoms with E-state index in [0.29, 0.717) is 32.0 Å². The van der Waals surface area contributed by atoms with E-state index >= 15 is 0 Å². The number of morpholine rings is 1. The molecular weight excluding hydrogens is 316 g/mol. The normalized spacial score (nSPS) is 14.6. The van der Waals surface area contributed by atoms with E-state index in [2.05, 4.69) is 40.8 Å². The van der Waals surface area contributed by atoms with Gasteiger partial charge >= 0.3 is 0 Å². The Balaban J connectivity index is 1.81. The van der Waals surface area contributed by atoms with Crippen molar-refractivity contribution < 1.29 is 9.53 Å². The number of rotatable bonds is 5. The molecule has 0 radical (unpaired) electrons. The molecule has 1 aliphatic heterocycles. The minimum Gasteiger partial charge on any atom is -0.378 e. The Morgan fingerprint density at radius 1 is 1.20 bits per heavy atom. The third-order valence-corrected chi connectivity index (χ3v) is 4.28. The van der Waals surface area contributed by atoms with E-state index in [1.807, 2.05) is 18.2 Å². The molecule has 0 saturated carbocycles. The molecule has 0 atom stereocenters. The van der Waals surface area contributed by atoms with Gasteiger partial charge in [0.15, 0.2) is 0 Å². The number of nitrogens with zero attached hydrogens (tertiary/aromatic N) is 4. The van der Waals surface area contributed by atoms with Crippen LogP contribution in [-0.2, 0) is 11.3 Å². The molecule has 132 valence electrons. The van der Waals surface area contributed by atoms with Gasteiger partial charge in [-0.1, -0.05) is 30.3 Å². The molecule has 1 amide bonds. The van der Waals surface area contributed by atoms with Crippen molar-refractivity contribution in [3.05, 3.63) is 54.0 Å². The van der Waals surface area contributed by atoms with E-state index < -0.39 is 0 Å². The molecule has 6 heteroatoms. The molecule has 0 unspecified atom stereocenters. The van der Waals surface area contributed by atoms with Gasteiger partial charge in [0.05, 0.1) is 13.2 Å². The summed E-state index contributed by atoms with van der Waals surface area (Å²) < 4.78 is 5.31. The largest absolute Gasteiger partial charge is 0.378 e. The van der Waals surface area contributed by atoms with Crippen molar-refractivity contribution in [2.24, 2.45) is 0 Å². The Kier molecular flexibility index (Phi) is 5.60. The Morgan fingerprint density at radius 2 is 1.92 bits per heavy atom. The van der Waals surface area contributed by atoms with E-state index in [0.717, 1.165) is 12.4 Å². The van der Waals surface area contributed by atoms with Crippen LogP contribution in [0.25, 0.3) is 0 Å². The Bertz CT molecular complexity index is 700. The van der Waals surface area contributed by atoms with Gasteiger partial charge in [-0.05, 0) is 19.4 Å². The lowest BCUT2D eigenvalue weighted by Gasteiger charge is -2.29. The molecule has 1 aromatic heterocycles. The standard InChI is InChI=1S/C19H24N4O2/c1-15(2)23(13-16-6-4-3-5-7-16)18-12-17(20-14-21-18)19(24)22-8-10-25-11-9-22/h3-7,12,14-15H,8-11,13H2,1-2H3. The van der Waals surface area contributed by atoms with Crippen molar-refractivity contribution in [3.63, 3.8) is 0 Å². The highest BCUT2D eigenvalue weighted by Crippen LogP contribution is 2.19. The van der Waals surface area contributed by atoms with Crippen molar-refractivity contribution in [3.8, 4) is 0 Å². The molecule has 0 bridgehead atoms. The summed E-state index contributed by atoms with van der Waals surface area (Å²) in [5.41, 5.74) is 1.64. The van der Waals surface area contributed by atoms with Gasteiger partial charge in [-0.25, -0.2) is 9.97 Å². The topological polar surface area (TPSA) is 58.6 Å². The quantitative estimate of drug-likeness (QED) is 0.836. The zero-order valence-electron chi connectivity index (χ0n) is 14.8. The maximum atomic E-state index is 12.7. The number of hydrogen-bond donors (Lipinski definition) is 0. The first kappa shape index (κ1) is 17.4. The number of carbonyl (C=O) groups excluding carboxylic acids is 1. The highest BCUT2D eigenvalue weighted by atomic mass is 16.5. The molecule has 1 aromatic carbocycles. The molecule has 2 heterocycles. The van der Waals surface area contributed by atoms with Crippen molar-refractivity contribution in [1.29, 1.82) is 0 Å². The third-order valence-electron chi connectivity index (χ3n) is 4.28. The first-order chi connectivity index (χ1) is 12.1. The fraction of sp³-hybridized carbons (Fsp3) is 0.421. The smallest absolute Gasteiger partial charge is 0.272 e. The van der Waals surface area contributed by atoms with Gasteiger partial charge in [-0.2, -0.15) is 0 Å². The molecule has 1 fully saturated rings. The van der Waals surface area contributed by atoms with Crippen LogP contribution < -0.4 is 4.90 Å². The van der Waals surface area contributed by atoms with Crippen molar-refractivity contribution >= 4 is 11.7 Å². The van der Waals surface area contributed by atoms with Crippen LogP contribution in [-0.4, -0.2) is 53.1 Å². The molecule has 1 aliphatic rings. The molecule has 3 rings (SSSR count). The lowest BCUT2D eigenvalue weighted by atomic mass is 10.2. The van der Waals surface area contributed by atoms with Gasteiger partial charge < -0.3 is 14.5 Å². The summed E-state index contributed by atoms with van der Waals surface area (Å²) in [5.74, 6) is 0.709. The molecule has 0 spiro atoms. The minimum atomic E-state index is -0.0598. The zero-order chi connectivity index (χ0) is 17.6. The summed E-state index contributed by atoms with van der Waals surface area (Å²) in [4.78, 5) is 25.2. The van der Waals surface area contributed by atoms with Gasteiger partial charge in [0.1, 0.15) is 17.8 Å². The van der Waals surface area contributed by atoms with Crippen LogP contribution in [0.2, 0.25) is 0 Å². The number of anilines is 1. The maximum absolute atomic E-state index is 12.7. The summed E-state index contributed by atoms with van der Waals surface area (Å²) in [6.45, 7) is 7.35. The van der Waals surface area contributed by atoms with Gasteiger partial charge in [0.2, 0.25) is 0 Å². The molecule has 6 nitrogen and oxygen atoms in total. The molecule has 25 heavy (non-hydrogen) atoms. The highest BCUT2D eigenvalue weighted by molar-refractivity contribution is 5.93. The van der Waals surface area contributed by atoms with Gasteiger partial charge in [-0.15, -0.1) is 0 Å². The Hall–Kier alpha value is -2.47. The van der Waals surface area contributed by atoms with Crippen molar-refractivity contribution in [1.82, 2.24) is 14.9 Å². The SMILES string of the molecule is CC(C)N(Cc1ccccc1)c1cc(C(=O)N2CCOCC2)ncn1. The lowest BCUT2D eigenvalue weighted by molar-refractivity contribution is 0.0299. The lowest BCUT2D eigenvalue weighted by Crippen LogP contribution is -2.41. The van der Waals surface area contributed by atoms with Gasteiger partial charge in [-0.3, -0.25) is 4.79 Å². The number of amides is 1. The van der Waals surface area contributed by atoms with E-state index in [-0.39, 0.29) is 11.9 Å². The first-order valence-electron chi connectivity index (χ1n) is 8.65. The summed E-state index contributed by atoms with van der Waals surface area (Å²) in [6, 6.07) is 12.3. The van der Waals surface area contributed by atoms with E-state index in [1.165, 1.54) is 11.9 Å². The fourth-order valence-electron chi connectivity index (χ4n) is 2.86. The van der Waals surface area contributed by atoms with Gasteiger partial charge in [0.25, 0.3) is 5.91 Å². The molecular formula is C19H24N4O2. The van der Waals surface area contributed by atoms with Crippen LogP contribution in [0.3, 0.4) is 0 Å². The van der Waals surface area contributed by atoms with E-state index in [4.69, 9.17) is 4.74 Å². The second kappa shape index (κ2) is 8.07. The Labute approximate surface area is 148 Å². The zero-order valence-corrected chi connectivity index (χ0v) is 14.8. The van der Waals surface area contributed by atoms with E-state index in [9.17, 15) is 4.79 Å². The summed E-state index contributed by atoms with van der Waals surface area (Å²) in [5, 5.41) is 0. The highest BCUT2D eigenvalue weighted by Gasteiger charge is 2.21. The fourth-order valence-corrected chi connectivity index (χ4v) is 2.86. The van der Waals surface area contributed by atoms with Crippen molar-refractivity contribution in [2.45, 2.75) is 26.4 Å². The molecule has 0 N–H and O–H groups in total. The number of carbonyl (C=O) groups is 1. The van der Waals surface area contributed by atoms with Crippen LogP contribution in [0.15, 0.2) is 42.7 Å². The minimum absolute atomic E-state index is 0.0598. The number of aromatic nitrogens is 2. The number of benzene rings is 1. The van der Waals surface area contributed by atoms with Crippen molar-refractivity contribution in [2.75, 3.05) is 31.2 Å². The van der Waals surface area contributed by atoms with Crippen LogP contribution in [0.1, 0.15) is 29.9 Å². The average molecular weight is 340 g/mol. The first-order valence-corrected chi connectivity index (χ1v) is 8.65. The molecule has 1 saturated heterocycles. The second-order valence-electron chi connectivity index (χ2n) is 6.37.